The number of nitrogens with zero attached hydrogens (tertiary/aromatic N) is 3. The van der Waals surface area contributed by atoms with Gasteiger partial charge in [0.15, 0.2) is 5.96 Å². The first-order valence-corrected chi connectivity index (χ1v) is 11.4. The molecule has 1 fully saturated rings. The van der Waals surface area contributed by atoms with Crippen LogP contribution in [0.4, 0.5) is 0 Å². The third-order valence-electron chi connectivity index (χ3n) is 5.17. The number of hydrogen-bond acceptors (Lipinski definition) is 4. The Bertz CT molecular complexity index is 621. The number of guanidine groups is 1. The van der Waals surface area contributed by atoms with Crippen molar-refractivity contribution in [3.8, 4) is 0 Å². The molecule has 1 saturated heterocycles. The van der Waals surface area contributed by atoms with E-state index in [1.165, 1.54) is 5.56 Å². The van der Waals surface area contributed by atoms with E-state index in [0.717, 1.165) is 44.2 Å². The molecule has 0 spiro atoms. The maximum absolute atomic E-state index is 11.9. The van der Waals surface area contributed by atoms with Crippen LogP contribution in [0.5, 0.6) is 0 Å². The second-order valence-corrected chi connectivity index (χ2v) is 8.40. The zero-order chi connectivity index (χ0) is 20.4. The van der Waals surface area contributed by atoms with Gasteiger partial charge in [-0.3, -0.25) is 9.69 Å². The molecule has 0 aromatic heterocycles. The number of rotatable bonds is 8. The Morgan fingerprint density at radius 1 is 1.28 bits per heavy atom. The molecule has 1 atom stereocenters. The molecule has 0 aliphatic carbocycles. The van der Waals surface area contributed by atoms with Gasteiger partial charge in [0, 0.05) is 51.6 Å². The summed E-state index contributed by atoms with van der Waals surface area (Å²) >= 11 is 1.79. The maximum atomic E-state index is 11.9. The van der Waals surface area contributed by atoms with E-state index in [4.69, 9.17) is 0 Å². The van der Waals surface area contributed by atoms with Crippen LogP contribution in [0.2, 0.25) is 0 Å². The fourth-order valence-electron chi connectivity index (χ4n) is 3.28. The van der Waals surface area contributed by atoms with Crippen LogP contribution in [0, 0.1) is 0 Å². The second kappa shape index (κ2) is 14.1. The fraction of sp³-hybridized carbons (Fsp3) is 0.619. The van der Waals surface area contributed by atoms with Gasteiger partial charge in [-0.1, -0.05) is 30.3 Å². The monoisotopic (exact) mass is 533 g/mol. The summed E-state index contributed by atoms with van der Waals surface area (Å²) in [5, 5.41) is 6.90. The van der Waals surface area contributed by atoms with Crippen LogP contribution in [0.3, 0.4) is 0 Å². The van der Waals surface area contributed by atoms with Gasteiger partial charge in [-0.05, 0) is 31.6 Å². The standard InChI is InChI=1S/C21H35N5OS.HI/c1-17(18-8-6-5-7-9-18)26-13-10-19(11-14-26)24-21(22-12-15-28-4)23-16-20(27)25(2)3;/h5-9,17,19H,10-16H2,1-4H3,(H2,22,23,24);1H. The van der Waals surface area contributed by atoms with Crippen LogP contribution < -0.4 is 10.6 Å². The van der Waals surface area contributed by atoms with E-state index in [-0.39, 0.29) is 36.4 Å². The average Bonchev–Trinajstić information content (AvgIpc) is 2.72. The number of likely N-dealkylation sites (N-methyl/N-ethyl adjacent to an activating group) is 1. The lowest BCUT2D eigenvalue weighted by atomic mass is 10.0. The number of halogens is 1. The smallest absolute Gasteiger partial charge is 0.243 e. The molecule has 0 radical (unpaired) electrons. The second-order valence-electron chi connectivity index (χ2n) is 7.41. The Labute approximate surface area is 197 Å². The molecule has 1 amide bonds. The highest BCUT2D eigenvalue weighted by Gasteiger charge is 2.24. The van der Waals surface area contributed by atoms with Crippen LogP contribution in [-0.4, -0.2) is 80.0 Å². The molecule has 164 valence electrons. The summed E-state index contributed by atoms with van der Waals surface area (Å²) in [5.41, 5.74) is 1.37. The number of carbonyl (C=O) groups excluding carboxylic acids is 1. The van der Waals surface area contributed by atoms with Crippen LogP contribution in [0.25, 0.3) is 0 Å². The highest BCUT2D eigenvalue weighted by Crippen LogP contribution is 2.23. The fourth-order valence-corrected chi connectivity index (χ4v) is 3.59. The number of thioether (sulfide) groups is 1. The zero-order valence-corrected chi connectivity index (χ0v) is 21.2. The molecule has 1 aromatic carbocycles. The van der Waals surface area contributed by atoms with Crippen molar-refractivity contribution in [2.45, 2.75) is 31.8 Å². The highest BCUT2D eigenvalue weighted by atomic mass is 127. The molecule has 0 bridgehead atoms. The van der Waals surface area contributed by atoms with Crippen LogP contribution in [0.1, 0.15) is 31.4 Å². The number of carbonyl (C=O) groups is 1. The molecule has 1 heterocycles. The Kier molecular flexibility index (Phi) is 12.6. The molecular formula is C21H36IN5OS. The van der Waals surface area contributed by atoms with Crippen molar-refractivity contribution in [1.82, 2.24) is 20.4 Å². The number of piperidine rings is 1. The van der Waals surface area contributed by atoms with E-state index in [2.05, 4.69) is 64.0 Å². The van der Waals surface area contributed by atoms with Gasteiger partial charge < -0.3 is 15.5 Å². The first kappa shape index (κ1) is 26.0. The molecule has 8 heteroatoms. The lowest BCUT2D eigenvalue weighted by molar-refractivity contribution is -0.127. The van der Waals surface area contributed by atoms with Crippen LogP contribution >= 0.6 is 35.7 Å². The minimum atomic E-state index is 0. The van der Waals surface area contributed by atoms with Crippen molar-refractivity contribution >= 4 is 47.6 Å². The number of likely N-dealkylation sites (tertiary alicyclic amines) is 1. The zero-order valence-electron chi connectivity index (χ0n) is 18.1. The first-order valence-electron chi connectivity index (χ1n) is 10.0. The molecule has 1 aromatic rings. The summed E-state index contributed by atoms with van der Waals surface area (Å²) < 4.78 is 0. The van der Waals surface area contributed by atoms with E-state index in [0.29, 0.717) is 12.1 Å². The summed E-state index contributed by atoms with van der Waals surface area (Å²) in [6.07, 6.45) is 4.23. The minimum Gasteiger partial charge on any atom is -0.356 e. The molecule has 0 saturated carbocycles. The summed E-state index contributed by atoms with van der Waals surface area (Å²) in [6.45, 7) is 5.41. The van der Waals surface area contributed by atoms with Gasteiger partial charge in [-0.25, -0.2) is 4.99 Å². The molecule has 1 aliphatic heterocycles. The van der Waals surface area contributed by atoms with E-state index in [1.807, 2.05) is 0 Å². The number of hydrogen-bond donors (Lipinski definition) is 2. The Balaban J connectivity index is 0.00000420. The van der Waals surface area contributed by atoms with Gasteiger partial charge >= 0.3 is 0 Å². The van der Waals surface area contributed by atoms with Crippen molar-refractivity contribution < 1.29 is 4.79 Å². The van der Waals surface area contributed by atoms with Crippen molar-refractivity contribution in [3.63, 3.8) is 0 Å². The van der Waals surface area contributed by atoms with Crippen molar-refractivity contribution in [1.29, 1.82) is 0 Å². The highest BCUT2D eigenvalue weighted by molar-refractivity contribution is 14.0. The third-order valence-corrected chi connectivity index (χ3v) is 5.78. The van der Waals surface area contributed by atoms with E-state index in [1.54, 1.807) is 30.8 Å². The number of amides is 1. The number of aliphatic imine (C=N–C) groups is 1. The van der Waals surface area contributed by atoms with E-state index >= 15 is 0 Å². The van der Waals surface area contributed by atoms with Gasteiger partial charge in [-0.15, -0.1) is 24.0 Å². The van der Waals surface area contributed by atoms with Gasteiger partial charge in [0.25, 0.3) is 0 Å². The quantitative estimate of drug-likeness (QED) is 0.233. The predicted molar refractivity (Wildman–Crippen MR) is 135 cm³/mol. The first-order chi connectivity index (χ1) is 13.5. The third kappa shape index (κ3) is 9.13. The molecule has 1 aliphatic rings. The van der Waals surface area contributed by atoms with Crippen molar-refractivity contribution in [3.05, 3.63) is 35.9 Å². The summed E-state index contributed by atoms with van der Waals surface area (Å²) in [7, 11) is 3.52. The molecule has 2 N–H and O–H groups in total. The number of nitrogens with one attached hydrogen (secondary N) is 2. The Morgan fingerprint density at radius 3 is 2.52 bits per heavy atom. The van der Waals surface area contributed by atoms with Gasteiger partial charge in [-0.2, -0.15) is 11.8 Å². The van der Waals surface area contributed by atoms with Gasteiger partial charge in [0.1, 0.15) is 6.54 Å². The predicted octanol–water partition coefficient (Wildman–Crippen LogP) is 2.82. The molecule has 2 rings (SSSR count). The molecular weight excluding hydrogens is 497 g/mol. The largest absolute Gasteiger partial charge is 0.356 e. The molecule has 6 nitrogen and oxygen atoms in total. The SMILES string of the molecule is CSCCNC(=NCC(=O)N(C)C)NC1CCN(C(C)c2ccccc2)CC1.I. The van der Waals surface area contributed by atoms with Gasteiger partial charge in [0.2, 0.25) is 5.91 Å². The minimum absolute atomic E-state index is 0. The Hall–Kier alpha value is -1.000. The summed E-state index contributed by atoms with van der Waals surface area (Å²) in [6, 6.07) is 11.5. The van der Waals surface area contributed by atoms with Gasteiger partial charge in [0.05, 0.1) is 0 Å². The number of benzene rings is 1. The van der Waals surface area contributed by atoms with E-state index < -0.39 is 0 Å². The molecule has 1 unspecified atom stereocenters. The average molecular weight is 534 g/mol. The molecule has 29 heavy (non-hydrogen) atoms. The van der Waals surface area contributed by atoms with Crippen LogP contribution in [-0.2, 0) is 4.79 Å². The Morgan fingerprint density at radius 2 is 1.93 bits per heavy atom. The van der Waals surface area contributed by atoms with Crippen LogP contribution in [0.15, 0.2) is 35.3 Å². The maximum Gasteiger partial charge on any atom is 0.243 e. The van der Waals surface area contributed by atoms with Crippen molar-refractivity contribution in [2.24, 2.45) is 4.99 Å². The normalized spacial score (nSPS) is 16.6. The van der Waals surface area contributed by atoms with Crippen molar-refractivity contribution in [2.75, 3.05) is 52.3 Å². The lowest BCUT2D eigenvalue weighted by Crippen LogP contribution is -2.49. The summed E-state index contributed by atoms with van der Waals surface area (Å²) in [4.78, 5) is 20.5. The van der Waals surface area contributed by atoms with E-state index in [9.17, 15) is 4.79 Å². The summed E-state index contributed by atoms with van der Waals surface area (Å²) in [5.74, 6) is 1.77. The topological polar surface area (TPSA) is 60.0 Å². The lowest BCUT2D eigenvalue weighted by Gasteiger charge is -2.37.